The number of carboxylic acid groups (broad SMARTS) is 1. The third-order valence-electron chi connectivity index (χ3n) is 4.75. The van der Waals surface area contributed by atoms with Gasteiger partial charge in [0.1, 0.15) is 5.84 Å². The number of aromatic nitrogens is 1. The molecule has 0 fully saturated rings. The van der Waals surface area contributed by atoms with Crippen LogP contribution in [0.25, 0.3) is 5.57 Å². The highest BCUT2D eigenvalue weighted by molar-refractivity contribution is 6.16. The molecule has 0 saturated carbocycles. The molecule has 0 amide bonds. The minimum Gasteiger partial charge on any atom is -0.478 e. The first kappa shape index (κ1) is 16.5. The van der Waals surface area contributed by atoms with E-state index in [1.54, 1.807) is 12.3 Å². The Hall–Kier alpha value is -2.99. The number of pyridine rings is 1. The van der Waals surface area contributed by atoms with E-state index in [1.165, 1.54) is 5.56 Å². The summed E-state index contributed by atoms with van der Waals surface area (Å²) in [6.07, 6.45) is 4.21. The second-order valence-corrected chi connectivity index (χ2v) is 6.39. The zero-order chi connectivity index (χ0) is 18.1. The average molecular weight is 348 g/mol. The van der Waals surface area contributed by atoms with Crippen LogP contribution in [-0.4, -0.2) is 35.1 Å². The minimum atomic E-state index is -0.940. The Bertz CT molecular complexity index is 933. The van der Waals surface area contributed by atoms with Gasteiger partial charge in [-0.15, -0.1) is 0 Å². The van der Waals surface area contributed by atoms with Crippen molar-refractivity contribution < 1.29 is 9.90 Å². The number of benzene rings is 1. The van der Waals surface area contributed by atoms with Crippen LogP contribution in [0.2, 0.25) is 0 Å². The van der Waals surface area contributed by atoms with Crippen LogP contribution in [0.15, 0.2) is 47.6 Å². The Kier molecular flexibility index (Phi) is 4.26. The summed E-state index contributed by atoms with van der Waals surface area (Å²) in [5.74, 6) is -0.0856. The number of fused-ring (bicyclic) bond motifs is 2. The van der Waals surface area contributed by atoms with Crippen LogP contribution in [-0.2, 0) is 11.2 Å². The van der Waals surface area contributed by atoms with Crippen molar-refractivity contribution in [2.75, 3.05) is 18.5 Å². The molecule has 2 aliphatic rings. The maximum absolute atomic E-state index is 11.6. The average Bonchev–Trinajstić information content (AvgIpc) is 3.22. The molecule has 6 nitrogen and oxygen atoms in total. The smallest absolute Gasteiger partial charge is 0.337 e. The largest absolute Gasteiger partial charge is 0.478 e. The van der Waals surface area contributed by atoms with Gasteiger partial charge in [0.05, 0.1) is 17.9 Å². The second kappa shape index (κ2) is 6.72. The monoisotopic (exact) mass is 348 g/mol. The van der Waals surface area contributed by atoms with Crippen molar-refractivity contribution in [1.29, 1.82) is 0 Å². The Morgan fingerprint density at radius 1 is 1.42 bits per heavy atom. The molecule has 0 spiro atoms. The Morgan fingerprint density at radius 3 is 3.12 bits per heavy atom. The van der Waals surface area contributed by atoms with E-state index in [0.717, 1.165) is 35.6 Å². The van der Waals surface area contributed by atoms with E-state index in [1.807, 2.05) is 12.1 Å². The molecular formula is C20H20N4O2. The van der Waals surface area contributed by atoms with Crippen molar-refractivity contribution in [3.63, 3.8) is 0 Å². The van der Waals surface area contributed by atoms with E-state index < -0.39 is 5.97 Å². The Morgan fingerprint density at radius 2 is 2.31 bits per heavy atom. The number of amidine groups is 1. The number of anilines is 1. The molecule has 132 valence electrons. The maximum Gasteiger partial charge on any atom is 0.337 e. The summed E-state index contributed by atoms with van der Waals surface area (Å²) >= 11 is 0. The lowest BCUT2D eigenvalue weighted by Gasteiger charge is -2.12. The molecule has 1 aliphatic carbocycles. The fourth-order valence-corrected chi connectivity index (χ4v) is 3.47. The number of carboxylic acids is 1. The molecule has 1 aliphatic heterocycles. The van der Waals surface area contributed by atoms with Crippen LogP contribution < -0.4 is 10.6 Å². The lowest BCUT2D eigenvalue weighted by Crippen LogP contribution is -2.16. The predicted molar refractivity (Wildman–Crippen MR) is 101 cm³/mol. The van der Waals surface area contributed by atoms with Gasteiger partial charge in [0.25, 0.3) is 0 Å². The Balaban J connectivity index is 1.64. The highest BCUT2D eigenvalue weighted by Gasteiger charge is 2.30. The predicted octanol–water partition coefficient (Wildman–Crippen LogP) is 2.63. The van der Waals surface area contributed by atoms with Crippen LogP contribution in [0.3, 0.4) is 0 Å². The van der Waals surface area contributed by atoms with Gasteiger partial charge in [-0.2, -0.15) is 0 Å². The zero-order valence-electron chi connectivity index (χ0n) is 14.5. The van der Waals surface area contributed by atoms with Gasteiger partial charge in [0.15, 0.2) is 0 Å². The van der Waals surface area contributed by atoms with Crippen LogP contribution in [0.5, 0.6) is 0 Å². The summed E-state index contributed by atoms with van der Waals surface area (Å²) in [5, 5.41) is 16.0. The normalized spacial score (nSPS) is 19.0. The molecule has 0 bridgehead atoms. The number of allylic oxidation sites excluding steroid dienone is 1. The first-order chi connectivity index (χ1) is 12.7. The van der Waals surface area contributed by atoms with E-state index in [2.05, 4.69) is 45.7 Å². The van der Waals surface area contributed by atoms with Crippen molar-refractivity contribution in [2.45, 2.75) is 19.3 Å². The molecule has 1 atom stereocenters. The molecule has 1 aromatic heterocycles. The highest BCUT2D eigenvalue weighted by Crippen LogP contribution is 2.40. The van der Waals surface area contributed by atoms with Gasteiger partial charge in [-0.25, -0.2) is 4.79 Å². The maximum atomic E-state index is 11.6. The van der Waals surface area contributed by atoms with E-state index in [9.17, 15) is 9.90 Å². The van der Waals surface area contributed by atoms with Crippen molar-refractivity contribution >= 4 is 23.1 Å². The summed E-state index contributed by atoms with van der Waals surface area (Å²) < 4.78 is 0. The molecule has 26 heavy (non-hydrogen) atoms. The molecule has 6 heteroatoms. The van der Waals surface area contributed by atoms with Gasteiger partial charge in [0, 0.05) is 24.2 Å². The van der Waals surface area contributed by atoms with Crippen LogP contribution >= 0.6 is 0 Å². The summed E-state index contributed by atoms with van der Waals surface area (Å²) in [5.41, 5.74) is 5.06. The number of hydrogen-bond donors (Lipinski definition) is 3. The van der Waals surface area contributed by atoms with Crippen LogP contribution in [0.4, 0.5) is 5.69 Å². The first-order valence-corrected chi connectivity index (χ1v) is 8.71. The summed E-state index contributed by atoms with van der Waals surface area (Å²) in [4.78, 5) is 20.3. The molecule has 0 radical (unpaired) electrons. The first-order valence-electron chi connectivity index (χ1n) is 8.71. The third kappa shape index (κ3) is 2.88. The van der Waals surface area contributed by atoms with Crippen molar-refractivity contribution in [3.8, 4) is 0 Å². The molecular weight excluding hydrogens is 328 g/mol. The third-order valence-corrected chi connectivity index (χ3v) is 4.75. The standard InChI is InChI=1S/C20H20N4O2/c1-2-21-11-23-18-9-13-6-5-12(8-17(13)24-18)15-10-16(20(25)26)19-14(15)4-3-7-22-19/h3-8,10,15,21H,2,9,11H2,1H3,(H,23,24)(H,25,26). The lowest BCUT2D eigenvalue weighted by molar-refractivity contribution is -0.130. The topological polar surface area (TPSA) is 86.6 Å². The molecule has 0 saturated heterocycles. The van der Waals surface area contributed by atoms with E-state index in [-0.39, 0.29) is 11.5 Å². The lowest BCUT2D eigenvalue weighted by atomic mass is 9.93. The summed E-state index contributed by atoms with van der Waals surface area (Å²) in [7, 11) is 0. The molecule has 2 heterocycles. The second-order valence-electron chi connectivity index (χ2n) is 6.39. The zero-order valence-corrected chi connectivity index (χ0v) is 14.5. The fraction of sp³-hybridized carbons (Fsp3) is 0.250. The number of aliphatic carboxylic acids is 1. The number of aliphatic imine (C=N–C) groups is 1. The highest BCUT2D eigenvalue weighted by atomic mass is 16.4. The summed E-state index contributed by atoms with van der Waals surface area (Å²) in [6, 6.07) is 10.0. The van der Waals surface area contributed by atoms with Gasteiger partial charge in [0.2, 0.25) is 0 Å². The summed E-state index contributed by atoms with van der Waals surface area (Å²) in [6.45, 7) is 3.55. The molecule has 1 unspecified atom stereocenters. The molecule has 2 aromatic rings. The quantitative estimate of drug-likeness (QED) is 0.723. The number of hydrogen-bond acceptors (Lipinski definition) is 4. The van der Waals surface area contributed by atoms with Crippen molar-refractivity contribution in [3.05, 3.63) is 65.0 Å². The molecule has 1 aromatic carbocycles. The SMILES string of the molecule is CCNCN=C1Cc2ccc(C3C=C(C(=O)O)c4ncccc43)cc2N1. The van der Waals surface area contributed by atoms with Crippen molar-refractivity contribution in [2.24, 2.45) is 4.99 Å². The number of nitrogens with zero attached hydrogens (tertiary/aromatic N) is 2. The van der Waals surface area contributed by atoms with E-state index in [4.69, 9.17) is 0 Å². The molecule has 4 rings (SSSR count). The van der Waals surface area contributed by atoms with Crippen LogP contribution in [0.1, 0.15) is 35.2 Å². The van der Waals surface area contributed by atoms with Gasteiger partial charge in [-0.1, -0.05) is 31.2 Å². The van der Waals surface area contributed by atoms with Gasteiger partial charge in [-0.3, -0.25) is 15.3 Å². The van der Waals surface area contributed by atoms with E-state index in [0.29, 0.717) is 12.4 Å². The van der Waals surface area contributed by atoms with Crippen molar-refractivity contribution in [1.82, 2.24) is 10.3 Å². The van der Waals surface area contributed by atoms with Gasteiger partial charge in [-0.05, 0) is 35.4 Å². The van der Waals surface area contributed by atoms with E-state index >= 15 is 0 Å². The number of rotatable bonds is 5. The Labute approximate surface area is 151 Å². The number of nitrogens with one attached hydrogen (secondary N) is 2. The number of carbonyl (C=O) groups is 1. The minimum absolute atomic E-state index is 0.0975. The van der Waals surface area contributed by atoms with Crippen LogP contribution in [0, 0.1) is 0 Å². The molecule has 3 N–H and O–H groups in total. The fourth-order valence-electron chi connectivity index (χ4n) is 3.47. The van der Waals surface area contributed by atoms with Gasteiger partial charge >= 0.3 is 5.97 Å². The van der Waals surface area contributed by atoms with Gasteiger partial charge < -0.3 is 10.4 Å².